The largest absolute Gasteiger partial charge is 0.344 e. The van der Waals surface area contributed by atoms with Gasteiger partial charge in [0.2, 0.25) is 0 Å². The average Bonchev–Trinajstić information content (AvgIpc) is 2.80. The van der Waals surface area contributed by atoms with E-state index < -0.39 is 0 Å². The molecule has 2 nitrogen and oxygen atoms in total. The van der Waals surface area contributed by atoms with Crippen LogP contribution in [0.25, 0.3) is 32.6 Å². The van der Waals surface area contributed by atoms with E-state index in [1.807, 2.05) is 18.2 Å². The smallest absolute Gasteiger partial charge is 0.150 e. The fourth-order valence-electron chi connectivity index (χ4n) is 3.07. The van der Waals surface area contributed by atoms with Crippen molar-refractivity contribution in [2.24, 2.45) is 7.05 Å². The molecule has 4 rings (SSSR count). The Labute approximate surface area is 116 Å². The van der Waals surface area contributed by atoms with Gasteiger partial charge in [0.1, 0.15) is 6.29 Å². The molecule has 0 N–H and O–H groups in total. The lowest BCUT2D eigenvalue weighted by Crippen LogP contribution is -1.86. The van der Waals surface area contributed by atoms with Crippen molar-refractivity contribution in [3.63, 3.8) is 0 Å². The van der Waals surface area contributed by atoms with Gasteiger partial charge < -0.3 is 4.57 Å². The normalized spacial score (nSPS) is 11.4. The Morgan fingerprint density at radius 2 is 1.70 bits per heavy atom. The third-order valence-electron chi connectivity index (χ3n) is 4.06. The molecule has 0 bridgehead atoms. The van der Waals surface area contributed by atoms with E-state index in [2.05, 4.69) is 48.0 Å². The fraction of sp³-hybridized carbons (Fsp3) is 0.0556. The zero-order valence-electron chi connectivity index (χ0n) is 11.1. The lowest BCUT2D eigenvalue weighted by atomic mass is 10.0. The Balaban J connectivity index is 2.34. The van der Waals surface area contributed by atoms with Crippen LogP contribution in [0, 0.1) is 0 Å². The number of fused-ring (bicyclic) bond motifs is 5. The predicted octanol–water partition coefficient (Wildman–Crippen LogP) is 4.30. The molecule has 1 heterocycles. The monoisotopic (exact) mass is 261 g/mol. The number of aldehydes is 1. The molecule has 0 fully saturated rings. The molecule has 0 unspecified atom stereocenters. The number of nitrogens with zero attached hydrogens (tertiary/aromatic N) is 1. The molecule has 1 aromatic heterocycles. The molecule has 0 saturated carbocycles. The number of aryl methyl sites for hydroxylation is 1. The van der Waals surface area contributed by atoms with Crippen LogP contribution in [-0.4, -0.2) is 10.9 Å². The predicted molar refractivity (Wildman–Crippen MR) is 83.3 cm³/mol. The first kappa shape index (κ1) is 11.2. The van der Waals surface area contributed by atoms with Crippen LogP contribution in [0.5, 0.6) is 0 Å². The van der Waals surface area contributed by atoms with E-state index in [0.29, 0.717) is 0 Å². The first-order valence-corrected chi connectivity index (χ1v) is 6.64. The minimum Gasteiger partial charge on any atom is -0.344 e. The molecule has 3 aromatic carbocycles. The van der Waals surface area contributed by atoms with Crippen molar-refractivity contribution < 1.29 is 4.79 Å². The van der Waals surface area contributed by atoms with E-state index in [-0.39, 0.29) is 0 Å². The third-order valence-corrected chi connectivity index (χ3v) is 4.06. The number of carbonyl (C=O) groups is 1. The van der Waals surface area contributed by atoms with E-state index in [0.717, 1.165) is 22.8 Å². The Morgan fingerprint density at radius 3 is 2.55 bits per heavy atom. The maximum absolute atomic E-state index is 11.0. The zero-order chi connectivity index (χ0) is 13.7. The summed E-state index contributed by atoms with van der Waals surface area (Å²) in [5.74, 6) is 0. The average molecular weight is 261 g/mol. The Hall–Kier alpha value is -2.61. The van der Waals surface area contributed by atoms with Crippen LogP contribution in [0.15, 0.2) is 54.6 Å². The van der Waals surface area contributed by atoms with Crippen molar-refractivity contribution in [1.29, 1.82) is 0 Å². The standard InChI is InChI=1S/C18H13NO/c1-19-16-8-6-12(11-20)10-15(16)18-14-5-3-2-4-13(14)7-9-17(18)19/h2-11H,1H3/i11+2. The molecule has 0 atom stereocenters. The zero-order valence-corrected chi connectivity index (χ0v) is 11.1. The van der Waals surface area contributed by atoms with Crippen LogP contribution in [0.4, 0.5) is 0 Å². The highest BCUT2D eigenvalue weighted by Crippen LogP contribution is 2.34. The fourth-order valence-corrected chi connectivity index (χ4v) is 3.07. The van der Waals surface area contributed by atoms with Gasteiger partial charge in [-0.2, -0.15) is 0 Å². The van der Waals surface area contributed by atoms with E-state index in [9.17, 15) is 4.79 Å². The molecular weight excluding hydrogens is 248 g/mol. The lowest BCUT2D eigenvalue weighted by molar-refractivity contribution is 0.112. The van der Waals surface area contributed by atoms with E-state index in [1.54, 1.807) is 0 Å². The number of hydrogen-bond donors (Lipinski definition) is 0. The van der Waals surface area contributed by atoms with Crippen molar-refractivity contribution in [3.8, 4) is 0 Å². The maximum atomic E-state index is 11.0. The highest BCUT2D eigenvalue weighted by atomic mass is 16.3. The summed E-state index contributed by atoms with van der Waals surface area (Å²) in [7, 11) is 2.07. The van der Waals surface area contributed by atoms with Crippen molar-refractivity contribution in [3.05, 3.63) is 60.2 Å². The Kier molecular flexibility index (Phi) is 2.21. The topological polar surface area (TPSA) is 22.0 Å². The summed E-state index contributed by atoms with van der Waals surface area (Å²) in [6.45, 7) is 0. The number of benzene rings is 3. The van der Waals surface area contributed by atoms with Gasteiger partial charge >= 0.3 is 0 Å². The van der Waals surface area contributed by atoms with Gasteiger partial charge in [-0.1, -0.05) is 30.3 Å². The Bertz CT molecular complexity index is 979. The summed E-state index contributed by atoms with van der Waals surface area (Å²) < 4.78 is 2.19. The molecule has 0 amide bonds. The summed E-state index contributed by atoms with van der Waals surface area (Å²) in [6.07, 6.45) is 0.906. The molecule has 4 aromatic rings. The van der Waals surface area contributed by atoms with E-state index >= 15 is 0 Å². The van der Waals surface area contributed by atoms with Gasteiger partial charge in [0.15, 0.2) is 0 Å². The number of aromatic nitrogens is 1. The van der Waals surface area contributed by atoms with Gasteiger partial charge in [-0.15, -0.1) is 0 Å². The molecule has 0 radical (unpaired) electrons. The number of carbonyl (C=O) groups excluding carboxylic acids is 1. The van der Waals surface area contributed by atoms with Crippen LogP contribution in [-0.2, 0) is 7.05 Å². The first-order valence-electron chi connectivity index (χ1n) is 6.64. The van der Waals surface area contributed by atoms with Gasteiger partial charge in [0.25, 0.3) is 0 Å². The molecule has 0 saturated heterocycles. The first-order chi connectivity index (χ1) is 9.79. The number of rotatable bonds is 1. The minimum absolute atomic E-state index is 0.720. The van der Waals surface area contributed by atoms with Crippen LogP contribution >= 0.6 is 0 Å². The van der Waals surface area contributed by atoms with E-state index in [1.165, 1.54) is 21.7 Å². The van der Waals surface area contributed by atoms with Gasteiger partial charge in [-0.05, 0) is 35.0 Å². The van der Waals surface area contributed by atoms with Gasteiger partial charge in [-0.3, -0.25) is 4.79 Å². The van der Waals surface area contributed by atoms with Crippen molar-refractivity contribution >= 4 is 38.9 Å². The second-order valence-electron chi connectivity index (χ2n) is 5.13. The molecule has 2 heteroatoms. The molecular formula is C18H13NO. The van der Waals surface area contributed by atoms with Crippen molar-refractivity contribution in [2.75, 3.05) is 0 Å². The quantitative estimate of drug-likeness (QED) is 0.468. The molecule has 20 heavy (non-hydrogen) atoms. The SMILES string of the molecule is Cn1c2ccc([14CH]=O)cc2c2c3ccccc3ccc21. The van der Waals surface area contributed by atoms with Crippen LogP contribution < -0.4 is 0 Å². The van der Waals surface area contributed by atoms with Crippen LogP contribution in [0.2, 0.25) is 0 Å². The second-order valence-corrected chi connectivity index (χ2v) is 5.13. The van der Waals surface area contributed by atoms with Gasteiger partial charge in [0.05, 0.1) is 0 Å². The second kappa shape index (κ2) is 3.94. The van der Waals surface area contributed by atoms with Crippen LogP contribution in [0.1, 0.15) is 10.4 Å². The maximum Gasteiger partial charge on any atom is 0.150 e. The number of hydrogen-bond acceptors (Lipinski definition) is 1. The highest BCUT2D eigenvalue weighted by molar-refractivity contribution is 6.21. The summed E-state index contributed by atoms with van der Waals surface area (Å²) in [6, 6.07) is 18.6. The van der Waals surface area contributed by atoms with Gasteiger partial charge in [-0.25, -0.2) is 0 Å². The molecule has 96 valence electrons. The summed E-state index contributed by atoms with van der Waals surface area (Å²) >= 11 is 0. The summed E-state index contributed by atoms with van der Waals surface area (Å²) in [4.78, 5) is 11.0. The summed E-state index contributed by atoms with van der Waals surface area (Å²) in [5, 5.41) is 4.83. The summed E-state index contributed by atoms with van der Waals surface area (Å²) in [5.41, 5.74) is 3.07. The van der Waals surface area contributed by atoms with Crippen molar-refractivity contribution in [2.45, 2.75) is 0 Å². The van der Waals surface area contributed by atoms with Gasteiger partial charge in [0, 0.05) is 34.4 Å². The highest BCUT2D eigenvalue weighted by Gasteiger charge is 2.11. The third kappa shape index (κ3) is 1.36. The van der Waals surface area contributed by atoms with E-state index in [4.69, 9.17) is 0 Å². The molecule has 0 spiro atoms. The van der Waals surface area contributed by atoms with Crippen LogP contribution in [0.3, 0.4) is 0 Å². The molecule has 0 aliphatic rings. The minimum atomic E-state index is 0.720. The lowest BCUT2D eigenvalue weighted by Gasteiger charge is -2.01. The van der Waals surface area contributed by atoms with Crippen molar-refractivity contribution in [1.82, 2.24) is 4.57 Å². The molecule has 0 aliphatic heterocycles. The molecule has 0 aliphatic carbocycles. The Morgan fingerprint density at radius 1 is 0.900 bits per heavy atom.